The number of likely N-dealkylation sites (N-methyl/N-ethyl adjacent to an activating group) is 1. The monoisotopic (exact) mass is 265 g/mol. The van der Waals surface area contributed by atoms with Crippen molar-refractivity contribution in [3.05, 3.63) is 12.4 Å². The van der Waals surface area contributed by atoms with Gasteiger partial charge in [0.25, 0.3) is 0 Å². The number of hydrogen-bond donors (Lipinski definition) is 2. The second-order valence-electron chi connectivity index (χ2n) is 5.35. The largest absolute Gasteiger partial charge is 0.378 e. The van der Waals surface area contributed by atoms with Crippen LogP contribution in [-0.2, 0) is 4.74 Å². The summed E-state index contributed by atoms with van der Waals surface area (Å²) in [7, 11) is 1.96. The highest BCUT2D eigenvalue weighted by Crippen LogP contribution is 2.16. The molecule has 19 heavy (non-hydrogen) atoms. The van der Waals surface area contributed by atoms with Crippen LogP contribution in [0, 0.1) is 0 Å². The number of rotatable bonds is 5. The van der Waals surface area contributed by atoms with Crippen LogP contribution in [0.2, 0.25) is 0 Å². The maximum atomic E-state index is 5.35. The van der Waals surface area contributed by atoms with Crippen molar-refractivity contribution in [3.63, 3.8) is 0 Å². The standard InChI is InChI=1S/C13H23N5O/c1-13(2,14-3)9-15-11-8-12(17-10-16-11)18-4-6-19-7-5-18/h8,10,14H,4-7,9H2,1-3H3,(H,15,16,17). The van der Waals surface area contributed by atoms with Crippen LogP contribution in [0.5, 0.6) is 0 Å². The van der Waals surface area contributed by atoms with E-state index in [0.29, 0.717) is 0 Å². The summed E-state index contributed by atoms with van der Waals surface area (Å²) in [6.07, 6.45) is 1.61. The van der Waals surface area contributed by atoms with Gasteiger partial charge in [-0.15, -0.1) is 0 Å². The van der Waals surface area contributed by atoms with Crippen LogP contribution in [0.3, 0.4) is 0 Å². The first-order valence-corrected chi connectivity index (χ1v) is 6.68. The van der Waals surface area contributed by atoms with Crippen LogP contribution in [0.1, 0.15) is 13.8 Å². The SMILES string of the molecule is CNC(C)(C)CNc1cc(N2CCOCC2)ncn1. The van der Waals surface area contributed by atoms with E-state index in [1.54, 1.807) is 6.33 Å². The molecule has 2 rings (SSSR count). The Labute approximate surface area is 114 Å². The molecular formula is C13H23N5O. The maximum Gasteiger partial charge on any atom is 0.134 e. The van der Waals surface area contributed by atoms with E-state index in [-0.39, 0.29) is 5.54 Å². The summed E-state index contributed by atoms with van der Waals surface area (Å²) in [6.45, 7) is 8.40. The third-order valence-electron chi connectivity index (χ3n) is 3.38. The third kappa shape index (κ3) is 4.04. The lowest BCUT2D eigenvalue weighted by Crippen LogP contribution is -2.43. The molecule has 1 fully saturated rings. The van der Waals surface area contributed by atoms with E-state index in [1.807, 2.05) is 13.1 Å². The highest BCUT2D eigenvalue weighted by atomic mass is 16.5. The van der Waals surface area contributed by atoms with Gasteiger partial charge < -0.3 is 20.3 Å². The number of anilines is 2. The molecule has 0 atom stereocenters. The molecule has 0 spiro atoms. The van der Waals surface area contributed by atoms with Crippen LogP contribution < -0.4 is 15.5 Å². The van der Waals surface area contributed by atoms with Crippen molar-refractivity contribution < 1.29 is 4.74 Å². The van der Waals surface area contributed by atoms with Gasteiger partial charge in [0.1, 0.15) is 18.0 Å². The Kier molecular flexibility index (Phi) is 4.55. The molecule has 2 heterocycles. The topological polar surface area (TPSA) is 62.3 Å². The number of ether oxygens (including phenoxy) is 1. The van der Waals surface area contributed by atoms with Crippen LogP contribution >= 0.6 is 0 Å². The minimum absolute atomic E-state index is 0.0318. The van der Waals surface area contributed by atoms with E-state index >= 15 is 0 Å². The Hall–Kier alpha value is -1.40. The fourth-order valence-corrected chi connectivity index (χ4v) is 1.81. The Morgan fingerprint density at radius 2 is 2.05 bits per heavy atom. The van der Waals surface area contributed by atoms with E-state index < -0.39 is 0 Å². The number of aromatic nitrogens is 2. The molecule has 2 N–H and O–H groups in total. The second kappa shape index (κ2) is 6.16. The van der Waals surface area contributed by atoms with E-state index in [0.717, 1.165) is 44.5 Å². The molecule has 106 valence electrons. The maximum absolute atomic E-state index is 5.35. The summed E-state index contributed by atoms with van der Waals surface area (Å²) in [5.41, 5.74) is 0.0318. The Morgan fingerprint density at radius 1 is 1.32 bits per heavy atom. The zero-order chi connectivity index (χ0) is 13.7. The Bertz CT molecular complexity index is 404. The quantitative estimate of drug-likeness (QED) is 0.818. The normalized spacial score (nSPS) is 16.5. The number of hydrogen-bond acceptors (Lipinski definition) is 6. The summed E-state index contributed by atoms with van der Waals surface area (Å²) in [5.74, 6) is 1.82. The first-order chi connectivity index (χ1) is 9.11. The molecule has 6 nitrogen and oxygen atoms in total. The Balaban J connectivity index is 1.98. The molecular weight excluding hydrogens is 242 g/mol. The molecule has 0 radical (unpaired) electrons. The van der Waals surface area contributed by atoms with Crippen molar-refractivity contribution in [2.45, 2.75) is 19.4 Å². The van der Waals surface area contributed by atoms with E-state index in [1.165, 1.54) is 0 Å². The second-order valence-corrected chi connectivity index (χ2v) is 5.35. The summed E-state index contributed by atoms with van der Waals surface area (Å²) in [6, 6.07) is 2.00. The molecule has 0 bridgehead atoms. The summed E-state index contributed by atoms with van der Waals surface area (Å²) in [5, 5.41) is 6.60. The van der Waals surface area contributed by atoms with Crippen molar-refractivity contribution in [3.8, 4) is 0 Å². The molecule has 1 aromatic rings. The van der Waals surface area contributed by atoms with Gasteiger partial charge in [-0.05, 0) is 20.9 Å². The van der Waals surface area contributed by atoms with E-state index in [9.17, 15) is 0 Å². The zero-order valence-corrected chi connectivity index (χ0v) is 11.9. The van der Waals surface area contributed by atoms with Gasteiger partial charge in [0.2, 0.25) is 0 Å². The smallest absolute Gasteiger partial charge is 0.134 e. The number of nitrogens with one attached hydrogen (secondary N) is 2. The first-order valence-electron chi connectivity index (χ1n) is 6.68. The van der Waals surface area contributed by atoms with Gasteiger partial charge in [-0.2, -0.15) is 0 Å². The highest BCUT2D eigenvalue weighted by Gasteiger charge is 2.16. The number of nitrogens with zero attached hydrogens (tertiary/aromatic N) is 3. The van der Waals surface area contributed by atoms with Crippen LogP contribution in [-0.4, -0.2) is 55.4 Å². The molecule has 0 saturated carbocycles. The van der Waals surface area contributed by atoms with E-state index in [2.05, 4.69) is 39.3 Å². The average molecular weight is 265 g/mol. The van der Waals surface area contributed by atoms with Gasteiger partial charge in [-0.3, -0.25) is 0 Å². The van der Waals surface area contributed by atoms with Crippen LogP contribution in [0.15, 0.2) is 12.4 Å². The minimum atomic E-state index is 0.0318. The lowest BCUT2D eigenvalue weighted by Gasteiger charge is -2.28. The molecule has 1 aliphatic heterocycles. The van der Waals surface area contributed by atoms with Gasteiger partial charge in [0, 0.05) is 31.2 Å². The average Bonchev–Trinajstić information content (AvgIpc) is 2.47. The molecule has 0 aliphatic carbocycles. The van der Waals surface area contributed by atoms with Gasteiger partial charge in [-0.25, -0.2) is 9.97 Å². The van der Waals surface area contributed by atoms with Gasteiger partial charge in [0.15, 0.2) is 0 Å². The molecule has 0 unspecified atom stereocenters. The van der Waals surface area contributed by atoms with Crippen molar-refractivity contribution >= 4 is 11.6 Å². The number of morpholine rings is 1. The summed E-state index contributed by atoms with van der Waals surface area (Å²) >= 11 is 0. The lowest BCUT2D eigenvalue weighted by atomic mass is 10.1. The molecule has 1 aromatic heterocycles. The van der Waals surface area contributed by atoms with E-state index in [4.69, 9.17) is 4.74 Å². The minimum Gasteiger partial charge on any atom is -0.378 e. The lowest BCUT2D eigenvalue weighted by molar-refractivity contribution is 0.122. The van der Waals surface area contributed by atoms with Crippen molar-refractivity contribution in [2.24, 2.45) is 0 Å². The van der Waals surface area contributed by atoms with Crippen LogP contribution in [0.25, 0.3) is 0 Å². The summed E-state index contributed by atoms with van der Waals surface area (Å²) < 4.78 is 5.35. The van der Waals surface area contributed by atoms with Gasteiger partial charge in [0.05, 0.1) is 13.2 Å². The van der Waals surface area contributed by atoms with Crippen molar-refractivity contribution in [1.82, 2.24) is 15.3 Å². The molecule has 1 saturated heterocycles. The van der Waals surface area contributed by atoms with Crippen LogP contribution in [0.4, 0.5) is 11.6 Å². The first kappa shape index (κ1) is 14.0. The molecule has 6 heteroatoms. The van der Waals surface area contributed by atoms with Gasteiger partial charge >= 0.3 is 0 Å². The fourth-order valence-electron chi connectivity index (χ4n) is 1.81. The Morgan fingerprint density at radius 3 is 2.74 bits per heavy atom. The fraction of sp³-hybridized carbons (Fsp3) is 0.692. The highest BCUT2D eigenvalue weighted by molar-refractivity contribution is 5.48. The van der Waals surface area contributed by atoms with Gasteiger partial charge in [-0.1, -0.05) is 0 Å². The summed E-state index contributed by atoms with van der Waals surface area (Å²) in [4.78, 5) is 10.8. The van der Waals surface area contributed by atoms with Crippen molar-refractivity contribution in [1.29, 1.82) is 0 Å². The third-order valence-corrected chi connectivity index (χ3v) is 3.38. The van der Waals surface area contributed by atoms with Crippen molar-refractivity contribution in [2.75, 3.05) is 50.1 Å². The molecule has 1 aliphatic rings. The predicted molar refractivity (Wildman–Crippen MR) is 76.7 cm³/mol. The molecule has 0 amide bonds. The molecule has 0 aromatic carbocycles. The zero-order valence-electron chi connectivity index (χ0n) is 11.9. The predicted octanol–water partition coefficient (Wildman–Crippen LogP) is 0.723.